The minimum absolute atomic E-state index is 0.0314. The molecule has 1 N–H and O–H groups in total. The zero-order valence-electron chi connectivity index (χ0n) is 14.5. The molecule has 27 heavy (non-hydrogen) atoms. The number of nitrogens with one attached hydrogen (secondary N) is 1. The number of fused-ring (bicyclic) bond motifs is 1. The lowest BCUT2D eigenvalue weighted by Crippen LogP contribution is -2.37. The molecule has 0 saturated heterocycles. The van der Waals surface area contributed by atoms with E-state index in [0.29, 0.717) is 5.76 Å². The van der Waals surface area contributed by atoms with Gasteiger partial charge in [-0.05, 0) is 54.4 Å². The molecule has 3 aromatic rings. The van der Waals surface area contributed by atoms with Crippen LogP contribution in [-0.2, 0) is 16.4 Å². The van der Waals surface area contributed by atoms with E-state index in [4.69, 9.17) is 4.42 Å². The Hall–Kier alpha value is -2.64. The molecule has 2 aromatic carbocycles. The molecule has 2 heterocycles. The van der Waals surface area contributed by atoms with Crippen LogP contribution in [0.5, 0.6) is 0 Å². The third kappa shape index (κ3) is 3.61. The van der Waals surface area contributed by atoms with E-state index in [0.717, 1.165) is 30.8 Å². The van der Waals surface area contributed by atoms with Crippen LogP contribution in [0.1, 0.15) is 17.4 Å². The van der Waals surface area contributed by atoms with E-state index in [2.05, 4.69) is 15.7 Å². The molecule has 4 rings (SSSR count). The number of hydrogen-bond acceptors (Lipinski definition) is 4. The fourth-order valence-electron chi connectivity index (χ4n) is 3.42. The third-order valence-electron chi connectivity index (χ3n) is 4.76. The average molecular weight is 386 g/mol. The first kappa shape index (κ1) is 17.8. The predicted molar refractivity (Wildman–Crippen MR) is 101 cm³/mol. The molecule has 1 aliphatic rings. The predicted octanol–water partition coefficient (Wildman–Crippen LogP) is 3.50. The van der Waals surface area contributed by atoms with Gasteiger partial charge in [-0.3, -0.25) is 0 Å². The van der Waals surface area contributed by atoms with Crippen LogP contribution in [0.2, 0.25) is 0 Å². The van der Waals surface area contributed by atoms with Gasteiger partial charge < -0.3 is 9.32 Å². The van der Waals surface area contributed by atoms with Gasteiger partial charge in [-0.15, -0.1) is 0 Å². The SMILES string of the molecule is O=S(=O)(NC[C@@H](c1ccco1)N1CCc2ccccc21)c1ccc(F)cc1. The molecular formula is C20H19FN2O3S. The van der Waals surface area contributed by atoms with Gasteiger partial charge in [-0.1, -0.05) is 18.2 Å². The van der Waals surface area contributed by atoms with E-state index in [1.165, 1.54) is 17.7 Å². The Morgan fingerprint density at radius 2 is 1.85 bits per heavy atom. The lowest BCUT2D eigenvalue weighted by molar-refractivity contribution is 0.447. The fraction of sp³-hybridized carbons (Fsp3) is 0.200. The number of sulfonamides is 1. The molecule has 1 aromatic heterocycles. The second-order valence-electron chi connectivity index (χ2n) is 6.41. The van der Waals surface area contributed by atoms with Gasteiger partial charge in [0.1, 0.15) is 17.6 Å². The van der Waals surface area contributed by atoms with Crippen molar-refractivity contribution in [2.24, 2.45) is 0 Å². The molecule has 0 unspecified atom stereocenters. The van der Waals surface area contributed by atoms with E-state index in [1.54, 1.807) is 12.3 Å². The normalized spacial score (nSPS) is 14.9. The van der Waals surface area contributed by atoms with Crippen molar-refractivity contribution in [3.05, 3.63) is 84.1 Å². The summed E-state index contributed by atoms with van der Waals surface area (Å²) in [6, 6.07) is 16.2. The fourth-order valence-corrected chi connectivity index (χ4v) is 4.46. The maximum atomic E-state index is 13.1. The maximum absolute atomic E-state index is 13.1. The van der Waals surface area contributed by atoms with E-state index >= 15 is 0 Å². The number of benzene rings is 2. The van der Waals surface area contributed by atoms with Crippen LogP contribution in [0, 0.1) is 5.82 Å². The van der Waals surface area contributed by atoms with Crippen LogP contribution in [0.15, 0.2) is 76.2 Å². The van der Waals surface area contributed by atoms with Crippen LogP contribution in [0.4, 0.5) is 10.1 Å². The van der Waals surface area contributed by atoms with Crippen LogP contribution in [0.3, 0.4) is 0 Å². The Balaban J connectivity index is 1.59. The second kappa shape index (κ2) is 7.17. The zero-order chi connectivity index (χ0) is 18.9. The third-order valence-corrected chi connectivity index (χ3v) is 6.20. The number of hydrogen-bond donors (Lipinski definition) is 1. The highest BCUT2D eigenvalue weighted by Gasteiger charge is 2.30. The lowest BCUT2D eigenvalue weighted by Gasteiger charge is -2.29. The van der Waals surface area contributed by atoms with E-state index < -0.39 is 15.8 Å². The Labute approximate surface area is 157 Å². The van der Waals surface area contributed by atoms with Gasteiger partial charge in [0.05, 0.1) is 11.2 Å². The highest BCUT2D eigenvalue weighted by atomic mass is 32.2. The smallest absolute Gasteiger partial charge is 0.240 e. The van der Waals surface area contributed by atoms with E-state index in [9.17, 15) is 12.8 Å². The number of anilines is 1. The topological polar surface area (TPSA) is 62.6 Å². The summed E-state index contributed by atoms with van der Waals surface area (Å²) in [5, 5.41) is 0. The van der Waals surface area contributed by atoms with Gasteiger partial charge in [-0.25, -0.2) is 17.5 Å². The minimum atomic E-state index is -3.76. The molecule has 1 aliphatic heterocycles. The van der Waals surface area contributed by atoms with Gasteiger partial charge in [0.25, 0.3) is 0 Å². The van der Waals surface area contributed by atoms with Crippen molar-refractivity contribution in [1.29, 1.82) is 0 Å². The molecule has 0 radical (unpaired) electrons. The van der Waals surface area contributed by atoms with Crippen LogP contribution in [-0.4, -0.2) is 21.5 Å². The standard InChI is InChI=1S/C20H19FN2O3S/c21-16-7-9-17(10-8-16)27(24,25)22-14-19(20-6-3-13-26-20)23-12-11-15-4-1-2-5-18(15)23/h1-10,13,19,22H,11-12,14H2/t19-/m0/s1. The van der Waals surface area contributed by atoms with Crippen LogP contribution >= 0.6 is 0 Å². The minimum Gasteiger partial charge on any atom is -0.467 e. The Morgan fingerprint density at radius 1 is 1.07 bits per heavy atom. The molecule has 7 heteroatoms. The molecular weight excluding hydrogens is 367 g/mol. The number of para-hydroxylation sites is 1. The quantitative estimate of drug-likeness (QED) is 0.704. The Morgan fingerprint density at radius 3 is 2.59 bits per heavy atom. The first-order valence-electron chi connectivity index (χ1n) is 8.68. The van der Waals surface area contributed by atoms with Crippen molar-refractivity contribution in [2.45, 2.75) is 17.4 Å². The van der Waals surface area contributed by atoms with Crippen molar-refractivity contribution >= 4 is 15.7 Å². The maximum Gasteiger partial charge on any atom is 0.240 e. The molecule has 5 nitrogen and oxygen atoms in total. The summed E-state index contributed by atoms with van der Waals surface area (Å²) in [6.45, 7) is 0.921. The molecule has 0 aliphatic carbocycles. The summed E-state index contributed by atoms with van der Waals surface area (Å²) in [7, 11) is -3.76. The van der Waals surface area contributed by atoms with Crippen LogP contribution < -0.4 is 9.62 Å². The summed E-state index contributed by atoms with van der Waals surface area (Å²) >= 11 is 0. The largest absolute Gasteiger partial charge is 0.467 e. The van der Waals surface area contributed by atoms with E-state index in [-0.39, 0.29) is 17.5 Å². The number of halogens is 1. The number of furan rings is 1. The van der Waals surface area contributed by atoms with Gasteiger partial charge in [-0.2, -0.15) is 0 Å². The molecule has 1 atom stereocenters. The number of rotatable bonds is 6. The monoisotopic (exact) mass is 386 g/mol. The molecule has 140 valence electrons. The summed E-state index contributed by atoms with van der Waals surface area (Å²) < 4.78 is 46.5. The summed E-state index contributed by atoms with van der Waals surface area (Å²) in [6.07, 6.45) is 2.48. The van der Waals surface area contributed by atoms with Gasteiger partial charge in [0.2, 0.25) is 10.0 Å². The van der Waals surface area contributed by atoms with Crippen molar-refractivity contribution in [3.8, 4) is 0 Å². The molecule has 0 bridgehead atoms. The molecule has 0 fully saturated rings. The number of nitrogens with zero attached hydrogens (tertiary/aromatic N) is 1. The Bertz CT molecular complexity index is 1020. The zero-order valence-corrected chi connectivity index (χ0v) is 15.3. The summed E-state index contributed by atoms with van der Waals surface area (Å²) in [5.74, 6) is 0.213. The lowest BCUT2D eigenvalue weighted by atomic mass is 10.1. The first-order chi connectivity index (χ1) is 13.0. The van der Waals surface area contributed by atoms with Crippen molar-refractivity contribution < 1.29 is 17.2 Å². The molecule has 0 amide bonds. The summed E-state index contributed by atoms with van der Waals surface area (Å²) in [5.41, 5.74) is 2.32. The summed E-state index contributed by atoms with van der Waals surface area (Å²) in [4.78, 5) is 2.19. The van der Waals surface area contributed by atoms with Gasteiger partial charge >= 0.3 is 0 Å². The van der Waals surface area contributed by atoms with Crippen molar-refractivity contribution in [3.63, 3.8) is 0 Å². The van der Waals surface area contributed by atoms with Crippen molar-refractivity contribution in [2.75, 3.05) is 18.0 Å². The highest BCUT2D eigenvalue weighted by Crippen LogP contribution is 2.35. The Kier molecular flexibility index (Phi) is 4.72. The first-order valence-corrected chi connectivity index (χ1v) is 10.2. The highest BCUT2D eigenvalue weighted by molar-refractivity contribution is 7.89. The van der Waals surface area contributed by atoms with Gasteiger partial charge in [0, 0.05) is 18.8 Å². The van der Waals surface area contributed by atoms with E-state index in [1.807, 2.05) is 24.3 Å². The molecule has 0 spiro atoms. The second-order valence-corrected chi connectivity index (χ2v) is 8.18. The van der Waals surface area contributed by atoms with Crippen LogP contribution in [0.25, 0.3) is 0 Å². The van der Waals surface area contributed by atoms with Crippen molar-refractivity contribution in [1.82, 2.24) is 4.72 Å². The molecule has 0 saturated carbocycles. The average Bonchev–Trinajstić information content (AvgIpc) is 3.33. The van der Waals surface area contributed by atoms with Gasteiger partial charge in [0.15, 0.2) is 0 Å².